The van der Waals surface area contributed by atoms with E-state index in [1.807, 2.05) is 18.3 Å². The van der Waals surface area contributed by atoms with Crippen LogP contribution in [0.1, 0.15) is 30.9 Å². The summed E-state index contributed by atoms with van der Waals surface area (Å²) in [5, 5.41) is 1.14. The standard InChI is InChI=1S/C15H18N2O/c16-15(14-5-1-2-9-18-14)12-6-7-13-11(10-12)4-3-8-17-13/h3-4,6-8,10,14-15H,1-2,5,9,16H2. The maximum absolute atomic E-state index is 6.32. The van der Waals surface area contributed by atoms with Crippen LogP contribution < -0.4 is 5.73 Å². The maximum atomic E-state index is 6.32. The number of hydrogen-bond acceptors (Lipinski definition) is 3. The summed E-state index contributed by atoms with van der Waals surface area (Å²) in [5.41, 5.74) is 8.47. The highest BCUT2D eigenvalue weighted by atomic mass is 16.5. The van der Waals surface area contributed by atoms with Crippen molar-refractivity contribution in [3.8, 4) is 0 Å². The maximum Gasteiger partial charge on any atom is 0.0767 e. The Balaban J connectivity index is 1.88. The molecule has 2 atom stereocenters. The van der Waals surface area contributed by atoms with E-state index in [9.17, 15) is 0 Å². The second kappa shape index (κ2) is 5.04. The van der Waals surface area contributed by atoms with Crippen LogP contribution in [0.15, 0.2) is 36.5 Å². The molecule has 0 radical (unpaired) electrons. The van der Waals surface area contributed by atoms with Gasteiger partial charge < -0.3 is 10.5 Å². The van der Waals surface area contributed by atoms with Crippen LogP contribution in [0, 0.1) is 0 Å². The van der Waals surface area contributed by atoms with Crippen LogP contribution in [0.5, 0.6) is 0 Å². The molecule has 2 heterocycles. The molecule has 94 valence electrons. The topological polar surface area (TPSA) is 48.1 Å². The molecule has 0 amide bonds. The lowest BCUT2D eigenvalue weighted by Crippen LogP contribution is -2.31. The molecule has 2 N–H and O–H groups in total. The van der Waals surface area contributed by atoms with E-state index in [1.54, 1.807) is 0 Å². The second-order valence-corrected chi connectivity index (χ2v) is 4.89. The largest absolute Gasteiger partial charge is 0.376 e. The highest BCUT2D eigenvalue weighted by Crippen LogP contribution is 2.26. The molecule has 0 bridgehead atoms. The van der Waals surface area contributed by atoms with Gasteiger partial charge in [0.25, 0.3) is 0 Å². The summed E-state index contributed by atoms with van der Waals surface area (Å²) in [5.74, 6) is 0. The van der Waals surface area contributed by atoms with E-state index in [-0.39, 0.29) is 12.1 Å². The first kappa shape index (κ1) is 11.6. The van der Waals surface area contributed by atoms with Gasteiger partial charge >= 0.3 is 0 Å². The van der Waals surface area contributed by atoms with Crippen molar-refractivity contribution in [3.63, 3.8) is 0 Å². The molecule has 0 spiro atoms. The lowest BCUT2D eigenvalue weighted by atomic mass is 9.95. The highest BCUT2D eigenvalue weighted by Gasteiger charge is 2.22. The summed E-state index contributed by atoms with van der Waals surface area (Å²) in [6.45, 7) is 0.841. The molecular weight excluding hydrogens is 224 g/mol. The minimum Gasteiger partial charge on any atom is -0.376 e. The predicted molar refractivity (Wildman–Crippen MR) is 72.3 cm³/mol. The van der Waals surface area contributed by atoms with Gasteiger partial charge in [0.15, 0.2) is 0 Å². The van der Waals surface area contributed by atoms with E-state index < -0.39 is 0 Å². The van der Waals surface area contributed by atoms with Crippen LogP contribution in [0.3, 0.4) is 0 Å². The Kier molecular flexibility index (Phi) is 3.26. The number of ether oxygens (including phenoxy) is 1. The average molecular weight is 242 g/mol. The number of benzene rings is 1. The van der Waals surface area contributed by atoms with Gasteiger partial charge in [-0.1, -0.05) is 12.1 Å². The van der Waals surface area contributed by atoms with Gasteiger partial charge in [-0.3, -0.25) is 4.98 Å². The first-order chi connectivity index (χ1) is 8.84. The molecule has 2 aromatic rings. The minimum absolute atomic E-state index is 0.0325. The van der Waals surface area contributed by atoms with Crippen LogP contribution >= 0.6 is 0 Å². The molecule has 0 saturated carbocycles. The zero-order valence-corrected chi connectivity index (χ0v) is 10.4. The van der Waals surface area contributed by atoms with Gasteiger partial charge in [-0.15, -0.1) is 0 Å². The smallest absolute Gasteiger partial charge is 0.0767 e. The van der Waals surface area contributed by atoms with Crippen molar-refractivity contribution >= 4 is 10.9 Å². The van der Waals surface area contributed by atoms with E-state index in [1.165, 1.54) is 6.42 Å². The van der Waals surface area contributed by atoms with Crippen molar-refractivity contribution in [2.45, 2.75) is 31.4 Å². The number of aromatic nitrogens is 1. The Morgan fingerprint density at radius 2 is 2.22 bits per heavy atom. The van der Waals surface area contributed by atoms with Gasteiger partial charge in [0.2, 0.25) is 0 Å². The molecule has 1 aliphatic heterocycles. The summed E-state index contributed by atoms with van der Waals surface area (Å²) in [7, 11) is 0. The number of rotatable bonds is 2. The van der Waals surface area contributed by atoms with Crippen molar-refractivity contribution in [2.24, 2.45) is 5.73 Å². The first-order valence-electron chi connectivity index (χ1n) is 6.56. The van der Waals surface area contributed by atoms with Gasteiger partial charge in [-0.2, -0.15) is 0 Å². The van der Waals surface area contributed by atoms with E-state index in [0.717, 1.165) is 35.9 Å². The highest BCUT2D eigenvalue weighted by molar-refractivity contribution is 5.79. The van der Waals surface area contributed by atoms with Crippen LogP contribution in [0.25, 0.3) is 10.9 Å². The third-order valence-corrected chi connectivity index (χ3v) is 3.63. The summed E-state index contributed by atoms with van der Waals surface area (Å²) in [6.07, 6.45) is 5.41. The summed E-state index contributed by atoms with van der Waals surface area (Å²) < 4.78 is 5.77. The molecule has 18 heavy (non-hydrogen) atoms. The fourth-order valence-corrected chi connectivity index (χ4v) is 2.56. The third-order valence-electron chi connectivity index (χ3n) is 3.63. The van der Waals surface area contributed by atoms with Gasteiger partial charge in [0.1, 0.15) is 0 Å². The molecule has 3 rings (SSSR count). The number of nitrogens with two attached hydrogens (primary N) is 1. The second-order valence-electron chi connectivity index (χ2n) is 4.89. The van der Waals surface area contributed by atoms with E-state index >= 15 is 0 Å². The van der Waals surface area contributed by atoms with E-state index in [4.69, 9.17) is 10.5 Å². The first-order valence-corrected chi connectivity index (χ1v) is 6.56. The Bertz CT molecular complexity index is 535. The van der Waals surface area contributed by atoms with Crippen LogP contribution in [-0.4, -0.2) is 17.7 Å². The summed E-state index contributed by atoms with van der Waals surface area (Å²) in [4.78, 5) is 4.32. The van der Waals surface area contributed by atoms with Gasteiger partial charge in [-0.25, -0.2) is 0 Å². The predicted octanol–water partition coefficient (Wildman–Crippen LogP) is 2.80. The Morgan fingerprint density at radius 1 is 1.28 bits per heavy atom. The monoisotopic (exact) mass is 242 g/mol. The Hall–Kier alpha value is -1.45. The van der Waals surface area contributed by atoms with Crippen molar-refractivity contribution < 1.29 is 4.74 Å². The molecule has 1 fully saturated rings. The van der Waals surface area contributed by atoms with Crippen LogP contribution in [0.4, 0.5) is 0 Å². The normalized spacial score (nSPS) is 21.9. The number of fused-ring (bicyclic) bond motifs is 1. The average Bonchev–Trinajstić information content (AvgIpc) is 2.47. The van der Waals surface area contributed by atoms with Crippen molar-refractivity contribution in [1.29, 1.82) is 0 Å². The number of pyridine rings is 1. The van der Waals surface area contributed by atoms with Gasteiger partial charge in [0.05, 0.1) is 17.7 Å². The Labute approximate surface area is 107 Å². The minimum atomic E-state index is -0.0325. The molecule has 1 aromatic heterocycles. The molecule has 1 aliphatic rings. The van der Waals surface area contributed by atoms with Gasteiger partial charge in [-0.05, 0) is 43.0 Å². The molecule has 0 aliphatic carbocycles. The van der Waals surface area contributed by atoms with Crippen molar-refractivity contribution in [3.05, 3.63) is 42.1 Å². The Morgan fingerprint density at radius 3 is 3.06 bits per heavy atom. The van der Waals surface area contributed by atoms with Gasteiger partial charge in [0, 0.05) is 18.2 Å². The SMILES string of the molecule is NC(c1ccc2ncccc2c1)C1CCCCO1. The summed E-state index contributed by atoms with van der Waals surface area (Å²) >= 11 is 0. The fourth-order valence-electron chi connectivity index (χ4n) is 2.56. The fraction of sp³-hybridized carbons (Fsp3) is 0.400. The molecule has 1 aromatic carbocycles. The zero-order chi connectivity index (χ0) is 12.4. The lowest BCUT2D eigenvalue weighted by molar-refractivity contribution is 0.0000368. The third kappa shape index (κ3) is 2.24. The molecule has 2 unspecified atom stereocenters. The summed E-state index contributed by atoms with van der Waals surface area (Å²) in [6, 6.07) is 10.2. The number of hydrogen-bond donors (Lipinski definition) is 1. The molecule has 3 nitrogen and oxygen atoms in total. The molecule has 1 saturated heterocycles. The number of nitrogens with zero attached hydrogens (tertiary/aromatic N) is 1. The van der Waals surface area contributed by atoms with E-state index in [0.29, 0.717) is 0 Å². The molecule has 3 heteroatoms. The van der Waals surface area contributed by atoms with E-state index in [2.05, 4.69) is 23.2 Å². The van der Waals surface area contributed by atoms with Crippen LogP contribution in [-0.2, 0) is 4.74 Å². The van der Waals surface area contributed by atoms with Crippen LogP contribution in [0.2, 0.25) is 0 Å². The van der Waals surface area contributed by atoms with Crippen molar-refractivity contribution in [1.82, 2.24) is 4.98 Å². The quantitative estimate of drug-likeness (QED) is 0.881. The lowest BCUT2D eigenvalue weighted by Gasteiger charge is -2.28. The van der Waals surface area contributed by atoms with Crippen molar-refractivity contribution in [2.75, 3.05) is 6.61 Å². The zero-order valence-electron chi connectivity index (χ0n) is 10.4. The molecular formula is C15H18N2O.